The maximum atomic E-state index is 12.2. The molecule has 0 heterocycles. The van der Waals surface area contributed by atoms with Crippen molar-refractivity contribution in [2.24, 2.45) is 11.7 Å². The molecule has 1 rings (SSSR count). The monoisotopic (exact) mass is 293 g/mol. The molecule has 0 saturated heterocycles. The van der Waals surface area contributed by atoms with Crippen molar-refractivity contribution in [1.29, 1.82) is 0 Å². The van der Waals surface area contributed by atoms with Crippen LogP contribution >= 0.6 is 0 Å². The molecule has 1 aromatic rings. The number of amides is 1. The molecule has 0 aliphatic rings. The van der Waals surface area contributed by atoms with E-state index in [1.807, 2.05) is 20.8 Å². The van der Waals surface area contributed by atoms with Crippen LogP contribution in [0.3, 0.4) is 0 Å². The van der Waals surface area contributed by atoms with E-state index in [2.05, 4.69) is 0 Å². The van der Waals surface area contributed by atoms with Gasteiger partial charge in [-0.05, 0) is 18.4 Å². The third kappa shape index (κ3) is 4.53. The van der Waals surface area contributed by atoms with Gasteiger partial charge in [-0.3, -0.25) is 14.9 Å². The van der Waals surface area contributed by atoms with Crippen molar-refractivity contribution < 1.29 is 9.72 Å². The predicted molar refractivity (Wildman–Crippen MR) is 81.7 cm³/mol. The van der Waals surface area contributed by atoms with E-state index in [1.54, 1.807) is 24.1 Å². The number of carbonyl (C=O) groups excluding carboxylic acids is 1. The Labute approximate surface area is 125 Å². The number of benzene rings is 1. The van der Waals surface area contributed by atoms with Gasteiger partial charge < -0.3 is 10.6 Å². The number of hydrogen-bond acceptors (Lipinski definition) is 4. The highest BCUT2D eigenvalue weighted by atomic mass is 16.6. The summed E-state index contributed by atoms with van der Waals surface area (Å²) in [7, 11) is 1.69. The lowest BCUT2D eigenvalue weighted by molar-refractivity contribution is -0.384. The number of carbonyl (C=O) groups is 1. The van der Waals surface area contributed by atoms with Gasteiger partial charge >= 0.3 is 0 Å². The summed E-state index contributed by atoms with van der Waals surface area (Å²) in [4.78, 5) is 24.2. The molecule has 116 valence electrons. The zero-order chi connectivity index (χ0) is 16.2. The molecule has 6 heteroatoms. The molecule has 0 bridgehead atoms. The molecule has 2 unspecified atom stereocenters. The highest BCUT2D eigenvalue weighted by Gasteiger charge is 2.22. The molecule has 6 nitrogen and oxygen atoms in total. The zero-order valence-corrected chi connectivity index (χ0v) is 12.9. The van der Waals surface area contributed by atoms with Crippen molar-refractivity contribution in [1.82, 2.24) is 4.90 Å². The normalized spacial score (nSPS) is 13.8. The topological polar surface area (TPSA) is 89.5 Å². The zero-order valence-electron chi connectivity index (χ0n) is 12.9. The van der Waals surface area contributed by atoms with E-state index >= 15 is 0 Å². The first-order valence-electron chi connectivity index (χ1n) is 6.99. The maximum Gasteiger partial charge on any atom is 0.269 e. The molecule has 2 atom stereocenters. The molecule has 0 aliphatic heterocycles. The Hall–Kier alpha value is -1.95. The Morgan fingerprint density at radius 1 is 1.38 bits per heavy atom. The van der Waals surface area contributed by atoms with Gasteiger partial charge in [-0.2, -0.15) is 0 Å². The third-order valence-electron chi connectivity index (χ3n) is 3.80. The molecule has 0 aliphatic carbocycles. The third-order valence-corrected chi connectivity index (χ3v) is 3.80. The van der Waals surface area contributed by atoms with E-state index < -0.39 is 4.92 Å². The number of nitro groups is 1. The maximum absolute atomic E-state index is 12.2. The summed E-state index contributed by atoms with van der Waals surface area (Å²) in [6.07, 6.45) is 0.271. The highest BCUT2D eigenvalue weighted by molar-refractivity contribution is 5.77. The van der Waals surface area contributed by atoms with E-state index in [1.165, 1.54) is 12.1 Å². The summed E-state index contributed by atoms with van der Waals surface area (Å²) in [5.41, 5.74) is 6.68. The summed E-state index contributed by atoms with van der Waals surface area (Å²) in [5.74, 6) is 0.172. The van der Waals surface area contributed by atoms with Gasteiger partial charge in [0.25, 0.3) is 5.69 Å². The molecule has 2 N–H and O–H groups in total. The number of nitro benzene ring substituents is 1. The van der Waals surface area contributed by atoms with Crippen molar-refractivity contribution >= 4 is 11.6 Å². The average molecular weight is 293 g/mol. The van der Waals surface area contributed by atoms with Gasteiger partial charge in [-0.15, -0.1) is 0 Å². The van der Waals surface area contributed by atoms with Crippen LogP contribution in [0.4, 0.5) is 5.69 Å². The van der Waals surface area contributed by atoms with Crippen LogP contribution in [-0.4, -0.2) is 28.8 Å². The van der Waals surface area contributed by atoms with E-state index in [9.17, 15) is 14.9 Å². The lowest BCUT2D eigenvalue weighted by Gasteiger charge is -2.27. The minimum atomic E-state index is -0.438. The average Bonchev–Trinajstić information content (AvgIpc) is 2.45. The number of nitrogens with zero attached hydrogens (tertiary/aromatic N) is 2. The SMILES string of the molecule is CC(C)C(N)CC(=O)N(C)C(C)c1cccc([N+](=O)[O-])c1. The molecule has 0 fully saturated rings. The number of rotatable bonds is 6. The minimum Gasteiger partial charge on any atom is -0.339 e. The lowest BCUT2D eigenvalue weighted by Crippen LogP contribution is -2.37. The molecular formula is C15H23N3O3. The van der Waals surface area contributed by atoms with Gasteiger partial charge in [-0.25, -0.2) is 0 Å². The van der Waals surface area contributed by atoms with Crippen LogP contribution in [0.2, 0.25) is 0 Å². The first-order valence-corrected chi connectivity index (χ1v) is 6.99. The fourth-order valence-corrected chi connectivity index (χ4v) is 1.92. The second-order valence-electron chi connectivity index (χ2n) is 5.64. The summed E-state index contributed by atoms with van der Waals surface area (Å²) in [6.45, 7) is 5.79. The van der Waals surface area contributed by atoms with Gasteiger partial charge in [0.15, 0.2) is 0 Å². The summed E-state index contributed by atoms with van der Waals surface area (Å²) >= 11 is 0. The molecule has 1 amide bonds. The minimum absolute atomic E-state index is 0.0269. The predicted octanol–water partition coefficient (Wildman–Crippen LogP) is 2.49. The number of nitrogens with two attached hydrogens (primary N) is 1. The van der Waals surface area contributed by atoms with Crippen LogP contribution in [0.25, 0.3) is 0 Å². The second kappa shape index (κ2) is 7.17. The van der Waals surface area contributed by atoms with Crippen LogP contribution in [0, 0.1) is 16.0 Å². The summed E-state index contributed by atoms with van der Waals surface area (Å²) in [6, 6.07) is 5.92. The fraction of sp³-hybridized carbons (Fsp3) is 0.533. The van der Waals surface area contributed by atoms with Crippen LogP contribution in [-0.2, 0) is 4.79 Å². The van der Waals surface area contributed by atoms with Crippen molar-refractivity contribution in [3.8, 4) is 0 Å². The Kier molecular flexibility index (Phi) is 5.84. The van der Waals surface area contributed by atoms with Crippen molar-refractivity contribution in [2.45, 2.75) is 39.3 Å². The number of non-ortho nitro benzene ring substituents is 1. The van der Waals surface area contributed by atoms with Crippen molar-refractivity contribution in [3.05, 3.63) is 39.9 Å². The molecule has 0 aromatic heterocycles. The molecule has 0 radical (unpaired) electrons. The Morgan fingerprint density at radius 3 is 2.52 bits per heavy atom. The molecule has 0 saturated carbocycles. The summed E-state index contributed by atoms with van der Waals surface area (Å²) < 4.78 is 0. The Bertz CT molecular complexity index is 517. The van der Waals surface area contributed by atoms with Crippen LogP contribution < -0.4 is 5.73 Å². The fourth-order valence-electron chi connectivity index (χ4n) is 1.92. The molecule has 1 aromatic carbocycles. The largest absolute Gasteiger partial charge is 0.339 e. The van der Waals surface area contributed by atoms with Crippen LogP contribution in [0.15, 0.2) is 24.3 Å². The second-order valence-corrected chi connectivity index (χ2v) is 5.64. The Morgan fingerprint density at radius 2 is 2.00 bits per heavy atom. The van der Waals surface area contributed by atoms with E-state index in [4.69, 9.17) is 5.73 Å². The first-order chi connectivity index (χ1) is 9.73. The van der Waals surface area contributed by atoms with Crippen molar-refractivity contribution in [2.75, 3.05) is 7.05 Å². The van der Waals surface area contributed by atoms with E-state index in [-0.39, 0.29) is 36.0 Å². The van der Waals surface area contributed by atoms with Gasteiger partial charge in [0.1, 0.15) is 0 Å². The quantitative estimate of drug-likeness (QED) is 0.644. The van der Waals surface area contributed by atoms with Crippen molar-refractivity contribution in [3.63, 3.8) is 0 Å². The molecule has 0 spiro atoms. The highest BCUT2D eigenvalue weighted by Crippen LogP contribution is 2.23. The smallest absolute Gasteiger partial charge is 0.269 e. The Balaban J connectivity index is 2.82. The van der Waals surface area contributed by atoms with Gasteiger partial charge in [0, 0.05) is 31.6 Å². The summed E-state index contributed by atoms with van der Waals surface area (Å²) in [5, 5.41) is 10.8. The van der Waals surface area contributed by atoms with E-state index in [0.717, 1.165) is 5.56 Å². The van der Waals surface area contributed by atoms with E-state index in [0.29, 0.717) is 0 Å². The van der Waals surface area contributed by atoms with Gasteiger partial charge in [0.2, 0.25) is 5.91 Å². The van der Waals surface area contributed by atoms with Gasteiger partial charge in [-0.1, -0.05) is 26.0 Å². The molecule has 21 heavy (non-hydrogen) atoms. The van der Waals surface area contributed by atoms with Crippen LogP contribution in [0.5, 0.6) is 0 Å². The van der Waals surface area contributed by atoms with Crippen LogP contribution in [0.1, 0.15) is 38.8 Å². The van der Waals surface area contributed by atoms with Gasteiger partial charge in [0.05, 0.1) is 11.0 Å². The standard InChI is InChI=1S/C15H23N3O3/c1-10(2)14(16)9-15(19)17(4)11(3)12-6-5-7-13(8-12)18(20)21/h5-8,10-11,14H,9,16H2,1-4H3. The lowest BCUT2D eigenvalue weighted by atomic mass is 10.0. The number of hydrogen-bond donors (Lipinski definition) is 1. The first kappa shape index (κ1) is 17.1. The molecular weight excluding hydrogens is 270 g/mol.